The Labute approximate surface area is 133 Å². The first kappa shape index (κ1) is 16.1. The van der Waals surface area contributed by atoms with Crippen LogP contribution >= 0.6 is 23.2 Å². The van der Waals surface area contributed by atoms with E-state index >= 15 is 0 Å². The SMILES string of the molecule is CC(C(=O)O)N(C)C(=O)C1(c2ccc(Cl)c(Cl)c2)CCC1. The van der Waals surface area contributed by atoms with Crippen molar-refractivity contribution in [3.8, 4) is 0 Å². The summed E-state index contributed by atoms with van der Waals surface area (Å²) in [5, 5.41) is 9.92. The van der Waals surface area contributed by atoms with E-state index in [1.807, 2.05) is 0 Å². The van der Waals surface area contributed by atoms with E-state index in [0.29, 0.717) is 22.9 Å². The van der Waals surface area contributed by atoms with E-state index in [2.05, 4.69) is 0 Å². The molecule has 21 heavy (non-hydrogen) atoms. The number of nitrogens with zero attached hydrogens (tertiary/aromatic N) is 1. The molecule has 1 aliphatic rings. The normalized spacial score (nSPS) is 17.7. The predicted molar refractivity (Wildman–Crippen MR) is 81.9 cm³/mol. The van der Waals surface area contributed by atoms with E-state index in [1.54, 1.807) is 18.2 Å². The van der Waals surface area contributed by atoms with Crippen LogP contribution in [0.5, 0.6) is 0 Å². The van der Waals surface area contributed by atoms with Gasteiger partial charge < -0.3 is 10.0 Å². The van der Waals surface area contributed by atoms with Gasteiger partial charge in [-0.15, -0.1) is 0 Å². The van der Waals surface area contributed by atoms with Crippen LogP contribution in [0.4, 0.5) is 0 Å². The summed E-state index contributed by atoms with van der Waals surface area (Å²) in [6, 6.07) is 4.32. The van der Waals surface area contributed by atoms with Crippen LogP contribution in [0, 0.1) is 0 Å². The van der Waals surface area contributed by atoms with Crippen LogP contribution in [0.1, 0.15) is 31.7 Å². The highest BCUT2D eigenvalue weighted by molar-refractivity contribution is 6.42. The molecule has 1 aliphatic carbocycles. The van der Waals surface area contributed by atoms with Gasteiger partial charge in [0.15, 0.2) is 0 Å². The molecular formula is C15H17Cl2NO3. The second kappa shape index (κ2) is 5.85. The number of benzene rings is 1. The van der Waals surface area contributed by atoms with Gasteiger partial charge in [0.25, 0.3) is 0 Å². The first-order valence-electron chi connectivity index (χ1n) is 6.75. The Morgan fingerprint density at radius 3 is 2.33 bits per heavy atom. The van der Waals surface area contributed by atoms with E-state index in [9.17, 15) is 9.59 Å². The Bertz CT molecular complexity index is 584. The number of amides is 1. The second-order valence-corrected chi connectivity index (χ2v) is 6.31. The van der Waals surface area contributed by atoms with Gasteiger partial charge in [0, 0.05) is 7.05 Å². The van der Waals surface area contributed by atoms with Crippen LogP contribution in [0.3, 0.4) is 0 Å². The van der Waals surface area contributed by atoms with Crippen LogP contribution < -0.4 is 0 Å². The molecule has 1 atom stereocenters. The number of carbonyl (C=O) groups excluding carboxylic acids is 1. The van der Waals surface area contributed by atoms with Crippen molar-refractivity contribution in [1.29, 1.82) is 0 Å². The number of carboxylic acid groups (broad SMARTS) is 1. The lowest BCUT2D eigenvalue weighted by Crippen LogP contribution is -2.53. The second-order valence-electron chi connectivity index (χ2n) is 5.49. The Balaban J connectivity index is 2.35. The molecule has 1 unspecified atom stereocenters. The summed E-state index contributed by atoms with van der Waals surface area (Å²) < 4.78 is 0. The average molecular weight is 330 g/mol. The minimum atomic E-state index is -1.02. The highest BCUT2D eigenvalue weighted by atomic mass is 35.5. The molecule has 1 fully saturated rings. The van der Waals surface area contributed by atoms with Gasteiger partial charge in [0.1, 0.15) is 6.04 Å². The zero-order chi connectivity index (χ0) is 15.8. The fourth-order valence-electron chi connectivity index (χ4n) is 2.63. The van der Waals surface area contributed by atoms with Crippen LogP contribution in [-0.2, 0) is 15.0 Å². The summed E-state index contributed by atoms with van der Waals surface area (Å²) in [5.74, 6) is -1.20. The molecule has 1 N–H and O–H groups in total. The van der Waals surface area contributed by atoms with Crippen molar-refractivity contribution < 1.29 is 14.7 Å². The first-order valence-corrected chi connectivity index (χ1v) is 7.51. The molecule has 1 aromatic carbocycles. The van der Waals surface area contributed by atoms with Gasteiger partial charge in [-0.25, -0.2) is 4.79 Å². The summed E-state index contributed by atoms with van der Waals surface area (Å²) in [4.78, 5) is 25.2. The fraction of sp³-hybridized carbons (Fsp3) is 0.467. The highest BCUT2D eigenvalue weighted by Crippen LogP contribution is 2.46. The van der Waals surface area contributed by atoms with Gasteiger partial charge in [-0.2, -0.15) is 0 Å². The number of rotatable bonds is 4. The highest BCUT2D eigenvalue weighted by Gasteiger charge is 2.48. The summed E-state index contributed by atoms with van der Waals surface area (Å²) in [7, 11) is 1.53. The van der Waals surface area contributed by atoms with Crippen molar-refractivity contribution >= 4 is 35.1 Å². The van der Waals surface area contributed by atoms with E-state index in [1.165, 1.54) is 18.9 Å². The van der Waals surface area contributed by atoms with Crippen molar-refractivity contribution in [2.45, 2.75) is 37.6 Å². The molecule has 0 aromatic heterocycles. The van der Waals surface area contributed by atoms with Gasteiger partial charge in [-0.3, -0.25) is 4.79 Å². The number of hydrogen-bond donors (Lipinski definition) is 1. The number of aliphatic carboxylic acids is 1. The van der Waals surface area contributed by atoms with E-state index in [-0.39, 0.29) is 5.91 Å². The van der Waals surface area contributed by atoms with E-state index < -0.39 is 17.4 Å². The van der Waals surface area contributed by atoms with E-state index in [0.717, 1.165) is 12.0 Å². The molecule has 0 heterocycles. The third-order valence-corrected chi connectivity index (χ3v) is 5.09. The topological polar surface area (TPSA) is 57.6 Å². The number of halogens is 2. The molecular weight excluding hydrogens is 313 g/mol. The predicted octanol–water partition coefficient (Wildman–Crippen LogP) is 3.35. The standard InChI is InChI=1S/C15H17Cl2NO3/c1-9(13(19)20)18(2)14(21)15(6-3-7-15)10-4-5-11(16)12(17)8-10/h4-5,8-9H,3,6-7H2,1-2H3,(H,19,20). The van der Waals surface area contributed by atoms with Gasteiger partial charge >= 0.3 is 5.97 Å². The molecule has 6 heteroatoms. The maximum atomic E-state index is 12.8. The summed E-state index contributed by atoms with van der Waals surface area (Å²) in [5.41, 5.74) is 0.129. The average Bonchev–Trinajstić information content (AvgIpc) is 2.39. The van der Waals surface area contributed by atoms with Gasteiger partial charge in [0.05, 0.1) is 15.5 Å². The zero-order valence-corrected chi connectivity index (χ0v) is 13.4. The Kier molecular flexibility index (Phi) is 4.49. The largest absolute Gasteiger partial charge is 0.480 e. The molecule has 0 bridgehead atoms. The van der Waals surface area contributed by atoms with Crippen molar-refractivity contribution in [2.24, 2.45) is 0 Å². The molecule has 1 amide bonds. The minimum absolute atomic E-state index is 0.179. The summed E-state index contributed by atoms with van der Waals surface area (Å²) in [6.07, 6.45) is 2.32. The van der Waals surface area contributed by atoms with Crippen molar-refractivity contribution in [3.05, 3.63) is 33.8 Å². The number of carboxylic acids is 1. The molecule has 2 rings (SSSR count). The quantitative estimate of drug-likeness (QED) is 0.921. The molecule has 1 aromatic rings. The fourth-order valence-corrected chi connectivity index (χ4v) is 2.93. The Hall–Kier alpha value is -1.26. The molecule has 0 aliphatic heterocycles. The van der Waals surface area contributed by atoms with Crippen LogP contribution in [0.2, 0.25) is 10.0 Å². The van der Waals surface area contributed by atoms with Crippen molar-refractivity contribution in [1.82, 2.24) is 4.90 Å². The summed E-state index contributed by atoms with van der Waals surface area (Å²) >= 11 is 12.0. The maximum Gasteiger partial charge on any atom is 0.326 e. The van der Waals surface area contributed by atoms with Gasteiger partial charge in [-0.1, -0.05) is 35.7 Å². The summed E-state index contributed by atoms with van der Waals surface area (Å²) in [6.45, 7) is 1.50. The van der Waals surface area contributed by atoms with Crippen LogP contribution in [0.15, 0.2) is 18.2 Å². The third kappa shape index (κ3) is 2.74. The molecule has 4 nitrogen and oxygen atoms in total. The van der Waals surface area contributed by atoms with Crippen molar-refractivity contribution in [3.63, 3.8) is 0 Å². The molecule has 1 saturated carbocycles. The smallest absolute Gasteiger partial charge is 0.326 e. The zero-order valence-electron chi connectivity index (χ0n) is 11.9. The van der Waals surface area contributed by atoms with Crippen LogP contribution in [0.25, 0.3) is 0 Å². The lowest BCUT2D eigenvalue weighted by atomic mass is 9.63. The number of carbonyl (C=O) groups is 2. The van der Waals surface area contributed by atoms with Crippen molar-refractivity contribution in [2.75, 3.05) is 7.05 Å². The lowest BCUT2D eigenvalue weighted by molar-refractivity contribution is -0.152. The lowest BCUT2D eigenvalue weighted by Gasteiger charge is -2.44. The van der Waals surface area contributed by atoms with Gasteiger partial charge in [0.2, 0.25) is 5.91 Å². The minimum Gasteiger partial charge on any atom is -0.480 e. The Morgan fingerprint density at radius 1 is 1.29 bits per heavy atom. The monoisotopic (exact) mass is 329 g/mol. The van der Waals surface area contributed by atoms with E-state index in [4.69, 9.17) is 28.3 Å². The molecule has 0 saturated heterocycles. The number of likely N-dealkylation sites (N-methyl/N-ethyl adjacent to an activating group) is 1. The Morgan fingerprint density at radius 2 is 1.90 bits per heavy atom. The maximum absolute atomic E-state index is 12.8. The molecule has 0 radical (unpaired) electrons. The first-order chi connectivity index (χ1) is 9.79. The number of hydrogen-bond acceptors (Lipinski definition) is 2. The third-order valence-electron chi connectivity index (χ3n) is 4.35. The van der Waals surface area contributed by atoms with Gasteiger partial charge in [-0.05, 0) is 37.5 Å². The molecule has 0 spiro atoms. The molecule has 114 valence electrons. The van der Waals surface area contributed by atoms with Crippen LogP contribution in [-0.4, -0.2) is 35.0 Å².